The van der Waals surface area contributed by atoms with Crippen molar-refractivity contribution in [3.05, 3.63) is 53.6 Å². The Kier molecular flexibility index (Phi) is 4.00. The normalized spacial score (nSPS) is 14.3. The highest BCUT2D eigenvalue weighted by Crippen LogP contribution is 2.29. The van der Waals surface area contributed by atoms with Gasteiger partial charge in [0.15, 0.2) is 0 Å². The first kappa shape index (κ1) is 13.7. The molecular formula is C15H20FN3. The number of benzene rings is 1. The van der Waals surface area contributed by atoms with Crippen LogP contribution in [0.4, 0.5) is 4.39 Å². The minimum absolute atomic E-state index is 0.224. The predicted octanol–water partition coefficient (Wildman–Crippen LogP) is 2.76. The van der Waals surface area contributed by atoms with Crippen molar-refractivity contribution in [2.24, 2.45) is 12.8 Å². The summed E-state index contributed by atoms with van der Waals surface area (Å²) in [4.78, 5) is 0. The minimum atomic E-state index is -0.624. The van der Waals surface area contributed by atoms with Gasteiger partial charge in [-0.2, -0.15) is 5.10 Å². The lowest BCUT2D eigenvalue weighted by Gasteiger charge is -2.29. The fraction of sp³-hybridized carbons (Fsp3) is 0.400. The number of hydrogen-bond acceptors (Lipinski definition) is 2. The maximum absolute atomic E-state index is 13.9. The zero-order valence-electron chi connectivity index (χ0n) is 11.4. The molecule has 2 rings (SSSR count). The van der Waals surface area contributed by atoms with E-state index in [4.69, 9.17) is 5.73 Å². The van der Waals surface area contributed by atoms with Gasteiger partial charge in [-0.15, -0.1) is 0 Å². The lowest BCUT2D eigenvalue weighted by atomic mass is 9.83. The quantitative estimate of drug-likeness (QED) is 0.899. The van der Waals surface area contributed by atoms with E-state index in [0.717, 1.165) is 12.0 Å². The molecule has 1 atom stereocenters. The SMILES string of the molecule is CCC(N)(CCc1cnn(C)c1)c1ccccc1F. The number of rotatable bonds is 5. The minimum Gasteiger partial charge on any atom is -0.321 e. The monoisotopic (exact) mass is 261 g/mol. The number of aromatic nitrogens is 2. The molecule has 0 amide bonds. The molecule has 0 spiro atoms. The first-order chi connectivity index (χ1) is 9.05. The average molecular weight is 261 g/mol. The molecule has 0 saturated heterocycles. The lowest BCUT2D eigenvalue weighted by Crippen LogP contribution is -2.37. The van der Waals surface area contributed by atoms with Crippen molar-refractivity contribution < 1.29 is 4.39 Å². The Balaban J connectivity index is 2.16. The number of hydrogen-bond donors (Lipinski definition) is 1. The van der Waals surface area contributed by atoms with E-state index in [1.54, 1.807) is 16.8 Å². The Hall–Kier alpha value is -1.68. The summed E-state index contributed by atoms with van der Waals surface area (Å²) in [7, 11) is 1.88. The van der Waals surface area contributed by atoms with Gasteiger partial charge in [-0.1, -0.05) is 25.1 Å². The third kappa shape index (κ3) is 3.01. The van der Waals surface area contributed by atoms with Crippen molar-refractivity contribution in [1.29, 1.82) is 0 Å². The van der Waals surface area contributed by atoms with Gasteiger partial charge in [0.2, 0.25) is 0 Å². The van der Waals surface area contributed by atoms with Crippen LogP contribution in [0.15, 0.2) is 36.7 Å². The molecule has 2 aromatic rings. The molecule has 4 heteroatoms. The van der Waals surface area contributed by atoms with E-state index in [1.807, 2.05) is 32.4 Å². The van der Waals surface area contributed by atoms with E-state index in [0.29, 0.717) is 18.4 Å². The highest BCUT2D eigenvalue weighted by Gasteiger charge is 2.27. The smallest absolute Gasteiger partial charge is 0.128 e. The van der Waals surface area contributed by atoms with Crippen LogP contribution >= 0.6 is 0 Å². The summed E-state index contributed by atoms with van der Waals surface area (Å²) in [6.07, 6.45) is 6.01. The standard InChI is InChI=1S/C15H20FN3/c1-3-15(17,13-6-4-5-7-14(13)16)9-8-12-10-18-19(2)11-12/h4-7,10-11H,3,8-9,17H2,1-2H3. The van der Waals surface area contributed by atoms with Crippen LogP contribution < -0.4 is 5.73 Å². The van der Waals surface area contributed by atoms with Gasteiger partial charge < -0.3 is 5.73 Å². The molecular weight excluding hydrogens is 241 g/mol. The molecule has 1 unspecified atom stereocenters. The highest BCUT2D eigenvalue weighted by atomic mass is 19.1. The molecule has 102 valence electrons. The van der Waals surface area contributed by atoms with Crippen LogP contribution in [0.5, 0.6) is 0 Å². The van der Waals surface area contributed by atoms with Gasteiger partial charge >= 0.3 is 0 Å². The van der Waals surface area contributed by atoms with Gasteiger partial charge in [-0.25, -0.2) is 4.39 Å². The Morgan fingerprint density at radius 3 is 2.68 bits per heavy atom. The number of halogens is 1. The Morgan fingerprint density at radius 1 is 1.37 bits per heavy atom. The number of nitrogens with zero attached hydrogens (tertiary/aromatic N) is 2. The second kappa shape index (κ2) is 5.53. The third-order valence-electron chi connectivity index (χ3n) is 3.66. The van der Waals surface area contributed by atoms with E-state index in [2.05, 4.69) is 5.10 Å². The topological polar surface area (TPSA) is 43.8 Å². The van der Waals surface area contributed by atoms with E-state index >= 15 is 0 Å². The summed E-state index contributed by atoms with van der Waals surface area (Å²) < 4.78 is 15.7. The van der Waals surface area contributed by atoms with Crippen molar-refractivity contribution in [2.45, 2.75) is 31.7 Å². The molecule has 0 radical (unpaired) electrons. The Morgan fingerprint density at radius 2 is 2.11 bits per heavy atom. The summed E-state index contributed by atoms with van der Waals surface area (Å²) >= 11 is 0. The molecule has 0 aliphatic rings. The molecule has 2 N–H and O–H groups in total. The molecule has 1 aromatic heterocycles. The average Bonchev–Trinajstić information content (AvgIpc) is 2.82. The van der Waals surface area contributed by atoms with Gasteiger partial charge in [-0.3, -0.25) is 4.68 Å². The summed E-state index contributed by atoms with van der Waals surface area (Å²) in [5.41, 5.74) is 7.51. The Bertz CT molecular complexity index is 550. The molecule has 0 aliphatic heterocycles. The van der Waals surface area contributed by atoms with Crippen molar-refractivity contribution in [1.82, 2.24) is 9.78 Å². The van der Waals surface area contributed by atoms with E-state index in [1.165, 1.54) is 6.07 Å². The van der Waals surface area contributed by atoms with Gasteiger partial charge in [0, 0.05) is 24.3 Å². The fourth-order valence-corrected chi connectivity index (χ4v) is 2.34. The molecule has 1 heterocycles. The molecule has 19 heavy (non-hydrogen) atoms. The maximum atomic E-state index is 13.9. The largest absolute Gasteiger partial charge is 0.321 e. The van der Waals surface area contributed by atoms with Crippen LogP contribution in [-0.2, 0) is 19.0 Å². The van der Waals surface area contributed by atoms with Crippen LogP contribution in [0.3, 0.4) is 0 Å². The van der Waals surface area contributed by atoms with Crippen LogP contribution in [0.2, 0.25) is 0 Å². The van der Waals surface area contributed by atoms with Crippen LogP contribution in [0, 0.1) is 5.82 Å². The lowest BCUT2D eigenvalue weighted by molar-refractivity contribution is 0.376. The molecule has 0 fully saturated rings. The summed E-state index contributed by atoms with van der Waals surface area (Å²) in [5, 5.41) is 4.14. The van der Waals surface area contributed by atoms with E-state index in [-0.39, 0.29) is 5.82 Å². The fourth-order valence-electron chi connectivity index (χ4n) is 2.34. The predicted molar refractivity (Wildman–Crippen MR) is 74.1 cm³/mol. The molecule has 0 bridgehead atoms. The molecule has 1 aromatic carbocycles. The number of nitrogens with two attached hydrogens (primary N) is 1. The van der Waals surface area contributed by atoms with E-state index in [9.17, 15) is 4.39 Å². The van der Waals surface area contributed by atoms with Crippen molar-refractivity contribution in [3.63, 3.8) is 0 Å². The number of aryl methyl sites for hydroxylation is 2. The maximum Gasteiger partial charge on any atom is 0.128 e. The van der Waals surface area contributed by atoms with Gasteiger partial charge in [0.25, 0.3) is 0 Å². The van der Waals surface area contributed by atoms with Crippen LogP contribution in [0.1, 0.15) is 30.9 Å². The third-order valence-corrected chi connectivity index (χ3v) is 3.66. The highest BCUT2D eigenvalue weighted by molar-refractivity contribution is 5.26. The van der Waals surface area contributed by atoms with Crippen LogP contribution in [0.25, 0.3) is 0 Å². The van der Waals surface area contributed by atoms with Gasteiger partial charge in [0.1, 0.15) is 5.82 Å². The molecule has 0 aliphatic carbocycles. The zero-order chi connectivity index (χ0) is 13.9. The van der Waals surface area contributed by atoms with E-state index < -0.39 is 5.54 Å². The molecule has 3 nitrogen and oxygen atoms in total. The van der Waals surface area contributed by atoms with Crippen molar-refractivity contribution in [2.75, 3.05) is 0 Å². The second-order valence-corrected chi connectivity index (χ2v) is 5.01. The first-order valence-electron chi connectivity index (χ1n) is 6.56. The van der Waals surface area contributed by atoms with Gasteiger partial charge in [0.05, 0.1) is 6.20 Å². The van der Waals surface area contributed by atoms with Gasteiger partial charge in [-0.05, 0) is 30.9 Å². The van der Waals surface area contributed by atoms with Crippen LogP contribution in [-0.4, -0.2) is 9.78 Å². The van der Waals surface area contributed by atoms with Crippen molar-refractivity contribution >= 4 is 0 Å². The Labute approximate surface area is 113 Å². The molecule has 0 saturated carbocycles. The summed E-state index contributed by atoms with van der Waals surface area (Å²) in [6.45, 7) is 2.00. The zero-order valence-corrected chi connectivity index (χ0v) is 11.4. The second-order valence-electron chi connectivity index (χ2n) is 5.01. The first-order valence-corrected chi connectivity index (χ1v) is 6.56. The van der Waals surface area contributed by atoms with Crippen molar-refractivity contribution in [3.8, 4) is 0 Å². The summed E-state index contributed by atoms with van der Waals surface area (Å²) in [6, 6.07) is 6.77. The summed E-state index contributed by atoms with van der Waals surface area (Å²) in [5.74, 6) is -0.224.